The van der Waals surface area contributed by atoms with E-state index in [4.69, 9.17) is 4.74 Å². The molecule has 0 heterocycles. The Balaban J connectivity index is 1.84. The van der Waals surface area contributed by atoms with Gasteiger partial charge in [0.15, 0.2) is 0 Å². The lowest BCUT2D eigenvalue weighted by atomic mass is 9.79. The van der Waals surface area contributed by atoms with Crippen LogP contribution in [0.1, 0.15) is 19.3 Å². The van der Waals surface area contributed by atoms with Crippen LogP contribution in [0.15, 0.2) is 12.7 Å². The summed E-state index contributed by atoms with van der Waals surface area (Å²) in [5, 5.41) is 9.24. The molecule has 2 bridgehead atoms. The van der Waals surface area contributed by atoms with Gasteiger partial charge in [-0.25, -0.2) is 4.79 Å². The van der Waals surface area contributed by atoms with Crippen LogP contribution >= 0.6 is 0 Å². The van der Waals surface area contributed by atoms with Gasteiger partial charge in [-0.3, -0.25) is 9.59 Å². The fraction of sp³-hybridized carbons (Fsp3) is 0.643. The molecule has 0 aromatic carbocycles. The van der Waals surface area contributed by atoms with Crippen LogP contribution in [0.4, 0.5) is 0 Å². The second-order valence-corrected chi connectivity index (χ2v) is 5.26. The van der Waals surface area contributed by atoms with E-state index in [0.717, 1.165) is 25.3 Å². The number of ether oxygens (including phenoxy) is 2. The largest absolute Gasteiger partial charge is 0.481 e. The molecule has 2 saturated carbocycles. The molecule has 2 rings (SSSR count). The van der Waals surface area contributed by atoms with Gasteiger partial charge in [0.2, 0.25) is 0 Å². The summed E-state index contributed by atoms with van der Waals surface area (Å²) in [6.45, 7) is 3.14. The Kier molecular flexibility index (Phi) is 4.42. The average Bonchev–Trinajstić information content (AvgIpc) is 3.03. The van der Waals surface area contributed by atoms with Crippen molar-refractivity contribution in [1.29, 1.82) is 0 Å². The highest BCUT2D eigenvalue weighted by Crippen LogP contribution is 2.52. The molecule has 0 saturated heterocycles. The van der Waals surface area contributed by atoms with Gasteiger partial charge in [0.1, 0.15) is 13.2 Å². The van der Waals surface area contributed by atoms with Crippen molar-refractivity contribution >= 4 is 17.9 Å². The van der Waals surface area contributed by atoms with E-state index in [1.54, 1.807) is 0 Å². The Morgan fingerprint density at radius 3 is 2.30 bits per heavy atom. The molecular formula is C14H18O6. The van der Waals surface area contributed by atoms with Gasteiger partial charge in [-0.05, 0) is 31.1 Å². The van der Waals surface area contributed by atoms with Crippen LogP contribution in [-0.4, -0.2) is 36.2 Å². The van der Waals surface area contributed by atoms with E-state index < -0.39 is 29.7 Å². The summed E-state index contributed by atoms with van der Waals surface area (Å²) in [7, 11) is 0. The molecule has 0 aliphatic heterocycles. The van der Waals surface area contributed by atoms with E-state index in [1.807, 2.05) is 0 Å². The molecule has 0 aromatic heterocycles. The van der Waals surface area contributed by atoms with Crippen molar-refractivity contribution in [2.24, 2.45) is 23.7 Å². The predicted octanol–water partition coefficient (Wildman–Crippen LogP) is 1.01. The smallest absolute Gasteiger partial charge is 0.330 e. The second kappa shape index (κ2) is 6.07. The minimum absolute atomic E-state index is 0.0465. The lowest BCUT2D eigenvalue weighted by Gasteiger charge is -2.26. The number of carbonyl (C=O) groups is 3. The van der Waals surface area contributed by atoms with Crippen molar-refractivity contribution < 1.29 is 29.0 Å². The molecule has 110 valence electrons. The highest BCUT2D eigenvalue weighted by molar-refractivity contribution is 5.83. The van der Waals surface area contributed by atoms with Crippen molar-refractivity contribution in [2.45, 2.75) is 19.3 Å². The summed E-state index contributed by atoms with van der Waals surface area (Å²) < 4.78 is 9.73. The Morgan fingerprint density at radius 2 is 1.70 bits per heavy atom. The van der Waals surface area contributed by atoms with Gasteiger partial charge in [-0.15, -0.1) is 0 Å². The van der Waals surface area contributed by atoms with Gasteiger partial charge in [0, 0.05) is 6.08 Å². The zero-order valence-corrected chi connectivity index (χ0v) is 11.1. The lowest BCUT2D eigenvalue weighted by molar-refractivity contribution is -0.162. The summed E-state index contributed by atoms with van der Waals surface area (Å²) in [5.74, 6) is -2.96. The monoisotopic (exact) mass is 282 g/mol. The quantitative estimate of drug-likeness (QED) is 0.444. The Labute approximate surface area is 116 Å². The highest BCUT2D eigenvalue weighted by Gasteiger charge is 2.54. The molecule has 0 amide bonds. The van der Waals surface area contributed by atoms with Gasteiger partial charge >= 0.3 is 17.9 Å². The van der Waals surface area contributed by atoms with Crippen molar-refractivity contribution in [3.8, 4) is 0 Å². The topological polar surface area (TPSA) is 89.9 Å². The fourth-order valence-corrected chi connectivity index (χ4v) is 3.43. The third kappa shape index (κ3) is 2.84. The van der Waals surface area contributed by atoms with Crippen molar-refractivity contribution in [3.63, 3.8) is 0 Å². The van der Waals surface area contributed by atoms with Gasteiger partial charge in [0.25, 0.3) is 0 Å². The van der Waals surface area contributed by atoms with Crippen LogP contribution in [0, 0.1) is 23.7 Å². The van der Waals surface area contributed by atoms with Gasteiger partial charge in [-0.2, -0.15) is 0 Å². The maximum Gasteiger partial charge on any atom is 0.330 e. The summed E-state index contributed by atoms with van der Waals surface area (Å²) in [6, 6.07) is 0. The lowest BCUT2D eigenvalue weighted by Crippen LogP contribution is -2.36. The third-order valence-corrected chi connectivity index (χ3v) is 4.21. The zero-order valence-electron chi connectivity index (χ0n) is 11.1. The summed E-state index contributed by atoms with van der Waals surface area (Å²) >= 11 is 0. The molecule has 6 nitrogen and oxygen atoms in total. The van der Waals surface area contributed by atoms with Crippen molar-refractivity contribution in [1.82, 2.24) is 0 Å². The van der Waals surface area contributed by atoms with Crippen molar-refractivity contribution in [2.75, 3.05) is 13.2 Å². The molecule has 20 heavy (non-hydrogen) atoms. The molecule has 0 radical (unpaired) electrons. The van der Waals surface area contributed by atoms with Gasteiger partial charge in [-0.1, -0.05) is 6.58 Å². The molecule has 2 aliphatic rings. The van der Waals surface area contributed by atoms with Crippen LogP contribution in [0.25, 0.3) is 0 Å². The van der Waals surface area contributed by atoms with Crippen LogP contribution in [0.2, 0.25) is 0 Å². The van der Waals surface area contributed by atoms with E-state index in [-0.39, 0.29) is 25.0 Å². The van der Waals surface area contributed by atoms with E-state index >= 15 is 0 Å². The zero-order chi connectivity index (χ0) is 14.7. The maximum atomic E-state index is 12.0. The number of aliphatic carboxylic acids is 1. The number of rotatable bonds is 6. The molecule has 6 heteroatoms. The third-order valence-electron chi connectivity index (χ3n) is 4.21. The number of esters is 2. The van der Waals surface area contributed by atoms with Crippen LogP contribution in [0.5, 0.6) is 0 Å². The molecule has 4 atom stereocenters. The highest BCUT2D eigenvalue weighted by atomic mass is 16.6. The molecule has 0 spiro atoms. The number of carboxylic acids is 1. The normalized spacial score (nSPS) is 30.8. The van der Waals surface area contributed by atoms with Crippen LogP contribution in [0.3, 0.4) is 0 Å². The fourth-order valence-electron chi connectivity index (χ4n) is 3.43. The molecule has 1 N–H and O–H groups in total. The van der Waals surface area contributed by atoms with Crippen LogP contribution in [-0.2, 0) is 23.9 Å². The van der Waals surface area contributed by atoms with Crippen LogP contribution < -0.4 is 0 Å². The average molecular weight is 282 g/mol. The van der Waals surface area contributed by atoms with Crippen molar-refractivity contribution in [3.05, 3.63) is 12.7 Å². The summed E-state index contributed by atoms with van der Waals surface area (Å²) in [5.41, 5.74) is 0. The molecule has 0 aromatic rings. The van der Waals surface area contributed by atoms with E-state index in [0.29, 0.717) is 0 Å². The number of carboxylic acid groups (broad SMARTS) is 1. The van der Waals surface area contributed by atoms with E-state index in [1.165, 1.54) is 0 Å². The van der Waals surface area contributed by atoms with E-state index in [9.17, 15) is 19.5 Å². The minimum atomic E-state index is -0.919. The molecule has 2 fully saturated rings. The summed E-state index contributed by atoms with van der Waals surface area (Å²) in [4.78, 5) is 34.1. The first-order chi connectivity index (χ1) is 9.54. The first-order valence-corrected chi connectivity index (χ1v) is 6.73. The Morgan fingerprint density at radius 1 is 1.10 bits per heavy atom. The Hall–Kier alpha value is -1.85. The number of hydrogen-bond acceptors (Lipinski definition) is 5. The Bertz CT molecular complexity index is 429. The van der Waals surface area contributed by atoms with Gasteiger partial charge in [0.05, 0.1) is 11.8 Å². The predicted molar refractivity (Wildman–Crippen MR) is 67.6 cm³/mol. The molecule has 2 aliphatic carbocycles. The first kappa shape index (κ1) is 14.6. The molecular weight excluding hydrogens is 264 g/mol. The minimum Gasteiger partial charge on any atom is -0.481 e. The standard InChI is InChI=1S/C14H18O6/c1-2-10(15)19-5-6-20-14(18)12-9-4-3-8(7-9)11(12)13(16)17/h2,8-9,11-12H,1,3-7H2,(H,16,17). The maximum absolute atomic E-state index is 12.0. The number of fused-ring (bicyclic) bond motifs is 2. The second-order valence-electron chi connectivity index (χ2n) is 5.26. The number of carbonyl (C=O) groups excluding carboxylic acids is 2. The first-order valence-electron chi connectivity index (χ1n) is 6.73. The van der Waals surface area contributed by atoms with Gasteiger partial charge < -0.3 is 14.6 Å². The molecule has 4 unspecified atom stereocenters. The van der Waals surface area contributed by atoms with E-state index in [2.05, 4.69) is 11.3 Å². The summed E-state index contributed by atoms with van der Waals surface area (Å²) in [6.07, 6.45) is 3.59. The SMILES string of the molecule is C=CC(=O)OCCOC(=O)C1C2CCC(C2)C1C(=O)O. The number of hydrogen-bond donors (Lipinski definition) is 1.